The van der Waals surface area contributed by atoms with Crippen LogP contribution in [0.15, 0.2) is 79.0 Å². The van der Waals surface area contributed by atoms with E-state index in [-0.39, 0.29) is 24.5 Å². The first kappa shape index (κ1) is 28.7. The monoisotopic (exact) mass is 570 g/mol. The van der Waals surface area contributed by atoms with Crippen LogP contribution in [0.1, 0.15) is 23.2 Å². The number of imidazole rings is 1. The number of hydrogen-bond donors (Lipinski definition) is 1. The molecule has 42 heavy (non-hydrogen) atoms. The van der Waals surface area contributed by atoms with Crippen LogP contribution in [-0.4, -0.2) is 73.4 Å². The molecule has 0 saturated carbocycles. The first-order valence-electron chi connectivity index (χ1n) is 13.7. The maximum atomic E-state index is 13.5. The van der Waals surface area contributed by atoms with Gasteiger partial charge in [0, 0.05) is 36.2 Å². The molecule has 3 aromatic carbocycles. The molecule has 1 N–H and O–H groups in total. The fourth-order valence-electron chi connectivity index (χ4n) is 4.82. The maximum absolute atomic E-state index is 13.5. The summed E-state index contributed by atoms with van der Waals surface area (Å²) in [5.41, 5.74) is 2.76. The second-order valence-corrected chi connectivity index (χ2v) is 9.84. The van der Waals surface area contributed by atoms with Crippen LogP contribution < -0.4 is 19.5 Å². The van der Waals surface area contributed by atoms with Crippen molar-refractivity contribution < 1.29 is 28.5 Å². The van der Waals surface area contributed by atoms with Crippen LogP contribution in [0.3, 0.4) is 0 Å². The van der Waals surface area contributed by atoms with E-state index in [1.807, 2.05) is 54.7 Å². The number of methoxy groups -OCH3 is 3. The Balaban J connectivity index is 1.41. The van der Waals surface area contributed by atoms with Gasteiger partial charge in [-0.1, -0.05) is 0 Å². The average molecular weight is 571 g/mol. The Morgan fingerprint density at radius 3 is 2.07 bits per heavy atom. The summed E-state index contributed by atoms with van der Waals surface area (Å²) in [4.78, 5) is 33.3. The van der Waals surface area contributed by atoms with E-state index in [4.69, 9.17) is 23.9 Å². The minimum Gasteiger partial charge on any atom is -0.497 e. The number of aromatic nitrogens is 2. The Kier molecular flexibility index (Phi) is 9.03. The summed E-state index contributed by atoms with van der Waals surface area (Å²) in [7, 11) is 4.79. The van der Waals surface area contributed by atoms with E-state index in [1.165, 1.54) is 4.90 Å². The Morgan fingerprint density at radius 1 is 0.905 bits per heavy atom. The molecule has 5 rings (SSSR count). The molecule has 1 atom stereocenters. The maximum Gasteiger partial charge on any atom is 0.254 e. The highest BCUT2D eigenvalue weighted by atomic mass is 16.5. The number of carbonyl (C=O) groups is 2. The summed E-state index contributed by atoms with van der Waals surface area (Å²) in [6, 6.07) is 21.8. The van der Waals surface area contributed by atoms with Crippen molar-refractivity contribution >= 4 is 17.8 Å². The van der Waals surface area contributed by atoms with Gasteiger partial charge in [0.1, 0.15) is 23.8 Å². The Morgan fingerprint density at radius 2 is 1.50 bits per heavy atom. The number of carbonyl (C=O) groups excluding carboxylic acids is 2. The quantitative estimate of drug-likeness (QED) is 0.276. The zero-order chi connectivity index (χ0) is 29.5. The highest BCUT2D eigenvalue weighted by Gasteiger charge is 2.26. The number of nitrogens with zero attached hydrogens (tertiary/aromatic N) is 3. The third kappa shape index (κ3) is 6.72. The van der Waals surface area contributed by atoms with E-state index in [0.29, 0.717) is 41.9 Å². The molecule has 4 aromatic rings. The molecule has 0 spiro atoms. The minimum atomic E-state index is -0.378. The van der Waals surface area contributed by atoms with Crippen LogP contribution in [0, 0.1) is 0 Å². The normalized spacial score (nSPS) is 14.3. The van der Waals surface area contributed by atoms with E-state index in [2.05, 4.69) is 5.32 Å². The summed E-state index contributed by atoms with van der Waals surface area (Å²) in [6.07, 6.45) is 3.49. The number of hydrogen-bond acceptors (Lipinski definition) is 7. The lowest BCUT2D eigenvalue weighted by Crippen LogP contribution is -2.42. The Bertz CT molecular complexity index is 1490. The van der Waals surface area contributed by atoms with Crippen molar-refractivity contribution in [1.29, 1.82) is 0 Å². The highest BCUT2D eigenvalue weighted by Crippen LogP contribution is 2.27. The van der Waals surface area contributed by atoms with Gasteiger partial charge in [0.25, 0.3) is 5.91 Å². The molecule has 1 aliphatic rings. The molecule has 0 bridgehead atoms. The number of rotatable bonds is 11. The molecule has 1 saturated heterocycles. The smallest absolute Gasteiger partial charge is 0.254 e. The van der Waals surface area contributed by atoms with E-state index >= 15 is 0 Å². The third-order valence-corrected chi connectivity index (χ3v) is 7.10. The van der Waals surface area contributed by atoms with Crippen molar-refractivity contribution in [1.82, 2.24) is 14.5 Å². The van der Waals surface area contributed by atoms with Crippen molar-refractivity contribution in [3.8, 4) is 34.2 Å². The molecule has 0 aliphatic carbocycles. The van der Waals surface area contributed by atoms with Crippen LogP contribution in [0.25, 0.3) is 16.9 Å². The van der Waals surface area contributed by atoms with Gasteiger partial charge in [0.05, 0.1) is 33.1 Å². The van der Waals surface area contributed by atoms with Gasteiger partial charge < -0.3 is 23.8 Å². The molecule has 10 nitrogen and oxygen atoms in total. The van der Waals surface area contributed by atoms with Gasteiger partial charge >= 0.3 is 0 Å². The average Bonchev–Trinajstić information content (AvgIpc) is 3.71. The van der Waals surface area contributed by atoms with E-state index in [1.54, 1.807) is 50.2 Å². The number of amides is 2. The fraction of sp³-hybridized carbons (Fsp3) is 0.281. The van der Waals surface area contributed by atoms with Crippen LogP contribution in [0.2, 0.25) is 0 Å². The van der Waals surface area contributed by atoms with Gasteiger partial charge in [0.15, 0.2) is 0 Å². The van der Waals surface area contributed by atoms with Crippen molar-refractivity contribution in [3.63, 3.8) is 0 Å². The van der Waals surface area contributed by atoms with Gasteiger partial charge in [-0.25, -0.2) is 4.98 Å². The number of anilines is 1. The summed E-state index contributed by atoms with van der Waals surface area (Å²) in [5.74, 6) is 1.77. The number of ether oxygens (including phenoxy) is 4. The Labute approximate surface area is 244 Å². The zero-order valence-electron chi connectivity index (χ0n) is 23.9. The van der Waals surface area contributed by atoms with Crippen molar-refractivity contribution in [3.05, 3.63) is 84.6 Å². The lowest BCUT2D eigenvalue weighted by Gasteiger charge is -2.25. The van der Waals surface area contributed by atoms with Crippen LogP contribution in [-0.2, 0) is 9.53 Å². The third-order valence-electron chi connectivity index (χ3n) is 7.10. The van der Waals surface area contributed by atoms with Gasteiger partial charge in [-0.2, -0.15) is 0 Å². The summed E-state index contributed by atoms with van der Waals surface area (Å²) < 4.78 is 23.4. The number of nitrogens with one attached hydrogen (secondary N) is 1. The van der Waals surface area contributed by atoms with Crippen LogP contribution >= 0.6 is 0 Å². The lowest BCUT2D eigenvalue weighted by atomic mass is 10.1. The van der Waals surface area contributed by atoms with Crippen molar-refractivity contribution in [2.45, 2.75) is 18.9 Å². The van der Waals surface area contributed by atoms with Crippen molar-refractivity contribution in [2.75, 3.05) is 46.3 Å². The molecule has 1 aromatic heterocycles. The molecule has 2 heterocycles. The SMILES string of the molecule is COc1ccc(C(=O)N(CC(=O)Nc2nc(-c3ccc(OC)cc3)cn2-c2ccc(OC)cc2)C[C@@H]2CCCO2)cc1. The molecule has 218 valence electrons. The summed E-state index contributed by atoms with van der Waals surface area (Å²) >= 11 is 0. The molecule has 10 heteroatoms. The summed E-state index contributed by atoms with van der Waals surface area (Å²) in [5, 5.41) is 2.93. The van der Waals surface area contributed by atoms with Crippen LogP contribution in [0.5, 0.6) is 17.2 Å². The van der Waals surface area contributed by atoms with E-state index < -0.39 is 0 Å². The van der Waals surface area contributed by atoms with Crippen LogP contribution in [0.4, 0.5) is 5.95 Å². The molecule has 0 radical (unpaired) electrons. The first-order valence-corrected chi connectivity index (χ1v) is 13.7. The molecule has 2 amide bonds. The van der Waals surface area contributed by atoms with Gasteiger partial charge in [-0.15, -0.1) is 0 Å². The second-order valence-electron chi connectivity index (χ2n) is 9.84. The standard InChI is InChI=1S/C32H34N4O6/c1-39-25-12-6-22(7-13-25)29-20-36(24-10-16-27(41-3)17-11-24)32(33-29)34-30(37)21-35(19-28-5-4-18-42-28)31(38)23-8-14-26(40-2)15-9-23/h6-17,20,28H,4-5,18-19,21H2,1-3H3,(H,33,34,37)/t28-/m0/s1. The fourth-order valence-corrected chi connectivity index (χ4v) is 4.82. The van der Waals surface area contributed by atoms with Crippen molar-refractivity contribution in [2.24, 2.45) is 0 Å². The second kappa shape index (κ2) is 13.2. The lowest BCUT2D eigenvalue weighted by molar-refractivity contribution is -0.117. The van der Waals surface area contributed by atoms with E-state index in [9.17, 15) is 9.59 Å². The zero-order valence-corrected chi connectivity index (χ0v) is 23.9. The Hall–Kier alpha value is -4.83. The minimum absolute atomic E-state index is 0.122. The van der Waals surface area contributed by atoms with Gasteiger partial charge in [-0.05, 0) is 85.6 Å². The van der Waals surface area contributed by atoms with E-state index in [0.717, 1.165) is 29.8 Å². The largest absolute Gasteiger partial charge is 0.497 e. The molecule has 1 aliphatic heterocycles. The molecular formula is C32H34N4O6. The number of benzene rings is 3. The first-order chi connectivity index (χ1) is 20.5. The molecule has 1 fully saturated rings. The predicted octanol–water partition coefficient (Wildman–Crippen LogP) is 4.83. The van der Waals surface area contributed by atoms with Gasteiger partial charge in [0.2, 0.25) is 11.9 Å². The topological polar surface area (TPSA) is 104 Å². The molecular weight excluding hydrogens is 536 g/mol. The van der Waals surface area contributed by atoms with Gasteiger partial charge in [-0.3, -0.25) is 19.5 Å². The summed E-state index contributed by atoms with van der Waals surface area (Å²) in [6.45, 7) is 0.787. The predicted molar refractivity (Wildman–Crippen MR) is 159 cm³/mol. The molecule has 0 unspecified atom stereocenters. The highest BCUT2D eigenvalue weighted by molar-refractivity contribution is 5.99.